The lowest BCUT2D eigenvalue weighted by Gasteiger charge is -2.31. The van der Waals surface area contributed by atoms with Gasteiger partial charge in [0, 0.05) is 25.6 Å². The molecule has 2 aromatic carbocycles. The van der Waals surface area contributed by atoms with E-state index >= 15 is 0 Å². The van der Waals surface area contributed by atoms with Crippen molar-refractivity contribution in [3.63, 3.8) is 0 Å². The quantitative estimate of drug-likeness (QED) is 0.837. The first-order chi connectivity index (χ1) is 13.5. The lowest BCUT2D eigenvalue weighted by molar-refractivity contribution is -0.137. The Morgan fingerprint density at radius 1 is 1.00 bits per heavy atom. The fourth-order valence-corrected chi connectivity index (χ4v) is 3.57. The van der Waals surface area contributed by atoms with Crippen LogP contribution >= 0.6 is 0 Å². The van der Waals surface area contributed by atoms with Crippen molar-refractivity contribution in [3.05, 3.63) is 65.2 Å². The first-order valence-electron chi connectivity index (χ1n) is 9.83. The molecule has 0 unspecified atom stereocenters. The topological polar surface area (TPSA) is 58.6 Å². The SMILES string of the molecule is Cc1cccc(C)c1OCC(=O)N1CCC(C(=O)NCc2ccccc2)CC1. The van der Waals surface area contributed by atoms with Crippen LogP contribution in [0.3, 0.4) is 0 Å². The van der Waals surface area contributed by atoms with Gasteiger partial charge in [-0.2, -0.15) is 0 Å². The number of benzene rings is 2. The van der Waals surface area contributed by atoms with Gasteiger partial charge in [-0.25, -0.2) is 0 Å². The molecule has 0 aliphatic carbocycles. The van der Waals surface area contributed by atoms with Gasteiger partial charge in [0.2, 0.25) is 5.91 Å². The molecule has 5 nitrogen and oxygen atoms in total. The molecule has 3 rings (SSSR count). The Labute approximate surface area is 166 Å². The van der Waals surface area contributed by atoms with E-state index in [-0.39, 0.29) is 24.3 Å². The van der Waals surface area contributed by atoms with Gasteiger partial charge in [0.25, 0.3) is 5.91 Å². The highest BCUT2D eigenvalue weighted by Crippen LogP contribution is 2.23. The van der Waals surface area contributed by atoms with Crippen molar-refractivity contribution in [2.75, 3.05) is 19.7 Å². The van der Waals surface area contributed by atoms with Gasteiger partial charge in [0.1, 0.15) is 5.75 Å². The molecule has 1 heterocycles. The van der Waals surface area contributed by atoms with Gasteiger partial charge in [0.15, 0.2) is 6.61 Å². The smallest absolute Gasteiger partial charge is 0.260 e. The second-order valence-electron chi connectivity index (χ2n) is 7.37. The van der Waals surface area contributed by atoms with Gasteiger partial charge in [0.05, 0.1) is 0 Å². The second kappa shape index (κ2) is 9.40. The Kier molecular flexibility index (Phi) is 6.69. The maximum atomic E-state index is 12.5. The number of hydrogen-bond donors (Lipinski definition) is 1. The molecule has 1 N–H and O–H groups in total. The van der Waals surface area contributed by atoms with Crippen LogP contribution in [-0.4, -0.2) is 36.4 Å². The van der Waals surface area contributed by atoms with Crippen LogP contribution in [0.4, 0.5) is 0 Å². The molecular formula is C23H28N2O3. The average Bonchev–Trinajstić information content (AvgIpc) is 2.72. The third kappa shape index (κ3) is 5.12. The Morgan fingerprint density at radius 2 is 1.64 bits per heavy atom. The summed E-state index contributed by atoms with van der Waals surface area (Å²) in [6, 6.07) is 15.8. The number of piperidine rings is 1. The molecule has 1 aliphatic heterocycles. The number of ether oxygens (including phenoxy) is 1. The minimum atomic E-state index is -0.0349. The molecule has 1 saturated heterocycles. The van der Waals surface area contributed by atoms with Crippen molar-refractivity contribution in [2.24, 2.45) is 5.92 Å². The number of nitrogens with one attached hydrogen (secondary N) is 1. The number of para-hydroxylation sites is 1. The van der Waals surface area contributed by atoms with Crippen LogP contribution in [0.2, 0.25) is 0 Å². The molecule has 0 saturated carbocycles. The van der Waals surface area contributed by atoms with E-state index in [0.717, 1.165) is 22.4 Å². The monoisotopic (exact) mass is 380 g/mol. The van der Waals surface area contributed by atoms with Gasteiger partial charge >= 0.3 is 0 Å². The molecule has 1 fully saturated rings. The summed E-state index contributed by atoms with van der Waals surface area (Å²) >= 11 is 0. The Bertz CT molecular complexity index is 792. The zero-order valence-corrected chi connectivity index (χ0v) is 16.6. The van der Waals surface area contributed by atoms with Crippen molar-refractivity contribution < 1.29 is 14.3 Å². The lowest BCUT2D eigenvalue weighted by Crippen LogP contribution is -2.44. The van der Waals surface area contributed by atoms with Crippen molar-refractivity contribution >= 4 is 11.8 Å². The molecule has 2 amide bonds. The van der Waals surface area contributed by atoms with Crippen molar-refractivity contribution in [1.29, 1.82) is 0 Å². The summed E-state index contributed by atoms with van der Waals surface area (Å²) < 4.78 is 5.77. The average molecular weight is 380 g/mol. The predicted octanol–water partition coefficient (Wildman–Crippen LogP) is 3.24. The van der Waals surface area contributed by atoms with Gasteiger partial charge in [-0.1, -0.05) is 48.5 Å². The maximum absolute atomic E-state index is 12.5. The normalized spacial score (nSPS) is 14.6. The van der Waals surface area contributed by atoms with Crippen molar-refractivity contribution in [1.82, 2.24) is 10.2 Å². The lowest BCUT2D eigenvalue weighted by atomic mass is 9.96. The number of carbonyl (C=O) groups is 2. The summed E-state index contributed by atoms with van der Waals surface area (Å²) in [6.07, 6.45) is 1.38. The molecule has 0 atom stereocenters. The van der Waals surface area contributed by atoms with Crippen LogP contribution in [0.1, 0.15) is 29.5 Å². The van der Waals surface area contributed by atoms with E-state index in [1.54, 1.807) is 4.90 Å². The number of rotatable bonds is 6. The number of amides is 2. The molecule has 5 heteroatoms. The van der Waals surface area contributed by atoms with E-state index in [9.17, 15) is 9.59 Å². The van der Waals surface area contributed by atoms with Gasteiger partial charge in [-0.15, -0.1) is 0 Å². The molecule has 2 aromatic rings. The largest absolute Gasteiger partial charge is 0.483 e. The number of likely N-dealkylation sites (tertiary alicyclic amines) is 1. The van der Waals surface area contributed by atoms with Crippen molar-refractivity contribution in [3.8, 4) is 5.75 Å². The van der Waals surface area contributed by atoms with E-state index in [2.05, 4.69) is 5.32 Å². The molecular weight excluding hydrogens is 352 g/mol. The molecule has 0 bridgehead atoms. The van der Waals surface area contributed by atoms with E-state index in [1.165, 1.54) is 0 Å². The van der Waals surface area contributed by atoms with E-state index in [1.807, 2.05) is 62.4 Å². The van der Waals surface area contributed by atoms with Gasteiger partial charge < -0.3 is 15.0 Å². The Hall–Kier alpha value is -2.82. The van der Waals surface area contributed by atoms with Crippen LogP contribution in [0.25, 0.3) is 0 Å². The number of hydrogen-bond acceptors (Lipinski definition) is 3. The first kappa shape index (κ1) is 19.9. The molecule has 148 valence electrons. The fourth-order valence-electron chi connectivity index (χ4n) is 3.57. The van der Waals surface area contributed by atoms with Gasteiger partial charge in [-0.05, 0) is 43.4 Å². The second-order valence-corrected chi connectivity index (χ2v) is 7.37. The molecule has 0 radical (unpaired) electrons. The number of nitrogens with zero attached hydrogens (tertiary/aromatic N) is 1. The molecule has 0 spiro atoms. The minimum absolute atomic E-state index is 0.0224. The van der Waals surface area contributed by atoms with Crippen LogP contribution < -0.4 is 10.1 Å². The highest BCUT2D eigenvalue weighted by molar-refractivity contribution is 5.80. The summed E-state index contributed by atoms with van der Waals surface area (Å²) in [5.41, 5.74) is 3.15. The zero-order chi connectivity index (χ0) is 19.9. The fraction of sp³-hybridized carbons (Fsp3) is 0.391. The van der Waals surface area contributed by atoms with Crippen LogP contribution in [0, 0.1) is 19.8 Å². The van der Waals surface area contributed by atoms with Gasteiger partial charge in [-0.3, -0.25) is 9.59 Å². The van der Waals surface area contributed by atoms with Crippen LogP contribution in [-0.2, 0) is 16.1 Å². The zero-order valence-electron chi connectivity index (χ0n) is 16.6. The summed E-state index contributed by atoms with van der Waals surface area (Å²) in [4.78, 5) is 26.7. The van der Waals surface area contributed by atoms with Crippen LogP contribution in [0.15, 0.2) is 48.5 Å². The van der Waals surface area contributed by atoms with Crippen LogP contribution in [0.5, 0.6) is 5.75 Å². The predicted molar refractivity (Wildman–Crippen MR) is 109 cm³/mol. The summed E-state index contributed by atoms with van der Waals surface area (Å²) in [6.45, 7) is 5.73. The number of aryl methyl sites for hydroxylation is 2. The third-order valence-corrected chi connectivity index (χ3v) is 5.28. The first-order valence-corrected chi connectivity index (χ1v) is 9.83. The van der Waals surface area contributed by atoms with E-state index in [0.29, 0.717) is 32.5 Å². The standard InChI is InChI=1S/C23H28N2O3/c1-17-7-6-8-18(2)22(17)28-16-21(26)25-13-11-20(12-14-25)23(27)24-15-19-9-4-3-5-10-19/h3-10,20H,11-16H2,1-2H3,(H,24,27). The summed E-state index contributed by atoms with van der Waals surface area (Å²) in [5.74, 6) is 0.798. The highest BCUT2D eigenvalue weighted by atomic mass is 16.5. The van der Waals surface area contributed by atoms with E-state index in [4.69, 9.17) is 4.74 Å². The van der Waals surface area contributed by atoms with E-state index < -0.39 is 0 Å². The summed E-state index contributed by atoms with van der Waals surface area (Å²) in [7, 11) is 0. The molecule has 0 aromatic heterocycles. The maximum Gasteiger partial charge on any atom is 0.260 e. The Balaban J connectivity index is 1.43. The number of carbonyl (C=O) groups excluding carboxylic acids is 2. The highest BCUT2D eigenvalue weighted by Gasteiger charge is 2.27. The van der Waals surface area contributed by atoms with Crippen molar-refractivity contribution in [2.45, 2.75) is 33.2 Å². The Morgan fingerprint density at radius 3 is 2.29 bits per heavy atom. The summed E-state index contributed by atoms with van der Waals surface area (Å²) in [5, 5.41) is 3.00. The molecule has 1 aliphatic rings. The molecule has 28 heavy (non-hydrogen) atoms. The third-order valence-electron chi connectivity index (χ3n) is 5.28. The minimum Gasteiger partial charge on any atom is -0.483 e.